The molecule has 0 aliphatic carbocycles. The van der Waals surface area contributed by atoms with Gasteiger partial charge in [-0.1, -0.05) is 21.9 Å². The van der Waals surface area contributed by atoms with Crippen molar-refractivity contribution >= 4 is 16.1 Å². The smallest absolute Gasteiger partial charge is 0.163 e. The Morgan fingerprint density at radius 3 is 2.80 bits per heavy atom. The third-order valence-electron chi connectivity index (χ3n) is 1.82. The van der Waals surface area contributed by atoms with Crippen molar-refractivity contribution in [2.75, 3.05) is 26.4 Å². The van der Waals surface area contributed by atoms with Crippen molar-refractivity contribution in [2.45, 2.75) is 19.8 Å². The van der Waals surface area contributed by atoms with E-state index in [1.54, 1.807) is 0 Å². The van der Waals surface area contributed by atoms with E-state index in [4.69, 9.17) is 14.4 Å². The van der Waals surface area contributed by atoms with Crippen molar-refractivity contribution < 1.29 is 14.4 Å². The molecule has 0 aromatic carbocycles. The van der Waals surface area contributed by atoms with Crippen LogP contribution >= 0.6 is 16.1 Å². The van der Waals surface area contributed by atoms with Gasteiger partial charge in [-0.2, -0.15) is 0 Å². The molecule has 0 aliphatic heterocycles. The van der Waals surface area contributed by atoms with E-state index < -0.39 is 7.59 Å². The van der Waals surface area contributed by atoms with Crippen LogP contribution < -0.4 is 0 Å². The molecule has 0 fully saturated rings. The Bertz CT molecular complexity index is 191. The number of ether oxygens (including phenoxy) is 1. The van der Waals surface area contributed by atoms with Crippen LogP contribution in [0.1, 0.15) is 19.8 Å². The molecule has 0 amide bonds. The van der Waals surface area contributed by atoms with Crippen molar-refractivity contribution in [1.82, 2.24) is 0 Å². The zero-order chi connectivity index (χ0) is 11.5. The van der Waals surface area contributed by atoms with Crippen LogP contribution in [0.3, 0.4) is 0 Å². The summed E-state index contributed by atoms with van der Waals surface area (Å²) >= 11 is 0. The van der Waals surface area contributed by atoms with Crippen molar-refractivity contribution in [3.8, 4) is 0 Å². The molecule has 0 aliphatic rings. The molecule has 0 bridgehead atoms. The summed E-state index contributed by atoms with van der Waals surface area (Å²) in [5.41, 5.74) is 0. The summed E-state index contributed by atoms with van der Waals surface area (Å²) in [4.78, 5) is 12.9. The molecule has 0 saturated heterocycles. The Morgan fingerprint density at radius 2 is 2.27 bits per heavy atom. The van der Waals surface area contributed by atoms with Crippen molar-refractivity contribution in [2.24, 2.45) is 10.9 Å². The minimum atomic E-state index is -1.70. The van der Waals surface area contributed by atoms with Gasteiger partial charge in [0.05, 0.1) is 26.4 Å². The van der Waals surface area contributed by atoms with Crippen molar-refractivity contribution in [3.63, 3.8) is 0 Å². The van der Waals surface area contributed by atoms with E-state index in [0.717, 1.165) is 12.8 Å². The van der Waals surface area contributed by atoms with Gasteiger partial charge in [-0.05, 0) is 11.4 Å². The van der Waals surface area contributed by atoms with E-state index in [2.05, 4.69) is 20.4 Å². The largest absolute Gasteiger partial charge is 0.394 e. The van der Waals surface area contributed by atoms with E-state index in [1.165, 1.54) is 0 Å². The minimum absolute atomic E-state index is 0.0305. The van der Waals surface area contributed by atoms with Gasteiger partial charge in [-0.15, -0.1) is 4.91 Å². The summed E-state index contributed by atoms with van der Waals surface area (Å²) in [7, 11) is 1.41. The number of hydrogen-bond donors (Lipinski definition) is 1. The van der Waals surface area contributed by atoms with Crippen LogP contribution in [0.2, 0.25) is 0 Å². The Morgan fingerprint density at radius 1 is 1.53 bits per heavy atom. The quantitative estimate of drug-likeness (QED) is 0.369. The molecule has 2 unspecified atom stereocenters. The van der Waals surface area contributed by atoms with Gasteiger partial charge in [-0.3, -0.25) is 0 Å². The highest BCUT2D eigenvalue weighted by atomic mass is 31.7. The van der Waals surface area contributed by atoms with E-state index in [9.17, 15) is 4.91 Å². The lowest BCUT2D eigenvalue weighted by molar-refractivity contribution is 0.0530. The first-order valence-corrected chi connectivity index (χ1v) is 7.83. The fourth-order valence-electron chi connectivity index (χ4n) is 1.16. The molecule has 15 heavy (non-hydrogen) atoms. The zero-order valence-corrected chi connectivity index (χ0v) is 10.9. The van der Waals surface area contributed by atoms with Crippen molar-refractivity contribution in [1.29, 1.82) is 0 Å². The fraction of sp³-hybridized carbons (Fsp3) is 1.00. The van der Waals surface area contributed by atoms with Gasteiger partial charge in [-0.25, -0.2) is 0 Å². The third-order valence-corrected chi connectivity index (χ3v) is 3.14. The van der Waals surface area contributed by atoms with Gasteiger partial charge in [0.15, 0.2) is 7.59 Å². The lowest BCUT2D eigenvalue weighted by Crippen LogP contribution is -2.16. The summed E-state index contributed by atoms with van der Waals surface area (Å²) in [6, 6.07) is 0. The van der Waals surface area contributed by atoms with Crippen LogP contribution in [0.4, 0.5) is 0 Å². The molecule has 0 radical (unpaired) electrons. The molecule has 90 valence electrons. The van der Waals surface area contributed by atoms with Crippen LogP contribution in [0.5, 0.6) is 0 Å². The number of nitroso groups, excluding NO2 is 1. The predicted octanol–water partition coefficient (Wildman–Crippen LogP) is 2.30. The molecule has 2 atom stereocenters. The van der Waals surface area contributed by atoms with E-state index >= 15 is 0 Å². The molecule has 0 saturated carbocycles. The normalized spacial score (nSPS) is 14.8. The van der Waals surface area contributed by atoms with Crippen LogP contribution in [0.15, 0.2) is 4.95 Å². The molecule has 0 heterocycles. The second-order valence-corrected chi connectivity index (χ2v) is 5.53. The monoisotopic (exact) mass is 255 g/mol. The number of rotatable bonds is 10. The third kappa shape index (κ3) is 9.16. The summed E-state index contributed by atoms with van der Waals surface area (Å²) in [5.74, 6) is 0.264. The molecule has 0 spiro atoms. The van der Waals surface area contributed by atoms with Crippen LogP contribution in [0, 0.1) is 10.8 Å². The highest BCUT2D eigenvalue weighted by Crippen LogP contribution is 2.31. The topological polar surface area (TPSA) is 68.1 Å². The minimum Gasteiger partial charge on any atom is -0.394 e. The zero-order valence-electron chi connectivity index (χ0n) is 8.94. The maximum atomic E-state index is 10.1. The number of hydrogen-bond acceptors (Lipinski definition) is 4. The first-order valence-electron chi connectivity index (χ1n) is 4.97. The maximum absolute atomic E-state index is 10.1. The summed E-state index contributed by atoms with van der Waals surface area (Å²) < 4.78 is 10.5. The highest BCUT2D eigenvalue weighted by Gasteiger charge is 2.09. The number of aliphatic hydroxyl groups is 1. The average Bonchev–Trinajstić information content (AvgIpc) is 2.25. The molecule has 1 N–H and O–H groups in total. The molecule has 0 aromatic heterocycles. The summed E-state index contributed by atoms with van der Waals surface area (Å²) in [5, 5.41) is 8.55. The molecule has 7 heteroatoms. The van der Waals surface area contributed by atoms with E-state index in [0.29, 0.717) is 19.8 Å². The molecular formula is C8H19NO4P2. The van der Waals surface area contributed by atoms with Gasteiger partial charge in [0.2, 0.25) is 0 Å². The van der Waals surface area contributed by atoms with Gasteiger partial charge in [0, 0.05) is 5.92 Å². The molecule has 5 nitrogen and oxygen atoms in total. The van der Waals surface area contributed by atoms with E-state index in [-0.39, 0.29) is 12.5 Å². The van der Waals surface area contributed by atoms with Crippen LogP contribution in [0.25, 0.3) is 0 Å². The lowest BCUT2D eigenvalue weighted by atomic mass is 10.1. The van der Waals surface area contributed by atoms with E-state index in [1.807, 2.05) is 0 Å². The van der Waals surface area contributed by atoms with Gasteiger partial charge in [0.25, 0.3) is 0 Å². The van der Waals surface area contributed by atoms with Crippen LogP contribution in [-0.2, 0) is 9.26 Å². The first-order chi connectivity index (χ1) is 7.24. The molecule has 0 rings (SSSR count). The standard InChI is InChI=1S/C8H19NO4P2/c1-2-3-8(6-12-5-4-10)7-13-15(14)9-11/h8,10,14-15H,2-7H2,1H3. The predicted molar refractivity (Wildman–Crippen MR) is 64.7 cm³/mol. The summed E-state index contributed by atoms with van der Waals surface area (Å²) in [6.07, 6.45) is 2.01. The van der Waals surface area contributed by atoms with Gasteiger partial charge in [0.1, 0.15) is 0 Å². The SMILES string of the molecule is CCCC(COCCO)CO[PH](=P)N=O. The summed E-state index contributed by atoms with van der Waals surface area (Å²) in [6.45, 7) is 3.48. The highest BCUT2D eigenvalue weighted by molar-refractivity contribution is 7.82. The first kappa shape index (κ1) is 15.2. The Labute approximate surface area is 93.1 Å². The fourth-order valence-corrected chi connectivity index (χ4v) is 1.86. The van der Waals surface area contributed by atoms with Crippen molar-refractivity contribution in [3.05, 3.63) is 4.91 Å². The Balaban J connectivity index is 3.71. The van der Waals surface area contributed by atoms with Gasteiger partial charge < -0.3 is 14.4 Å². The molecular weight excluding hydrogens is 236 g/mol. The Hall–Kier alpha value is 0.210. The maximum Gasteiger partial charge on any atom is 0.163 e. The molecule has 0 aromatic rings. The van der Waals surface area contributed by atoms with Gasteiger partial charge >= 0.3 is 0 Å². The second kappa shape index (κ2) is 10.7. The van der Waals surface area contributed by atoms with Crippen LogP contribution in [-0.4, -0.2) is 31.5 Å². The Kier molecular flexibility index (Phi) is 10.9. The average molecular weight is 255 g/mol. The number of aliphatic hydroxyl groups excluding tert-OH is 1. The second-order valence-electron chi connectivity index (χ2n) is 3.16. The lowest BCUT2D eigenvalue weighted by Gasteiger charge is -2.15. The number of nitrogens with zero attached hydrogens (tertiary/aromatic N) is 1.